The molecule has 0 bridgehead atoms. The van der Waals surface area contributed by atoms with Crippen LogP contribution in [0.3, 0.4) is 0 Å². The Morgan fingerprint density at radius 1 is 0.935 bits per heavy atom. The van der Waals surface area contributed by atoms with Gasteiger partial charge in [-0.25, -0.2) is 0 Å². The van der Waals surface area contributed by atoms with E-state index in [4.69, 9.17) is 0 Å². The van der Waals surface area contributed by atoms with Crippen molar-refractivity contribution in [2.75, 3.05) is 0 Å². The number of aliphatic hydroxyl groups is 2. The Balaban J connectivity index is 1.70. The van der Waals surface area contributed by atoms with Crippen LogP contribution in [0.1, 0.15) is 41.2 Å². The van der Waals surface area contributed by atoms with E-state index < -0.39 is 6.29 Å². The standard InChI is InChI=1S/C27H26N2O2/c1-2-24(17-6-4-3-5-7-17)26(20-10-11-25-23(14-20)16-28-29-25)19-9-8-18-12-22(27(30)31)15-21(18)13-19/h3-11,13-14,16,22,27,30-31H,2,12,15H2,1H3,(H,28,29)/b26-24+. The number of allylic oxidation sites excluding steroid dienone is 1. The van der Waals surface area contributed by atoms with Crippen LogP contribution >= 0.6 is 0 Å². The summed E-state index contributed by atoms with van der Waals surface area (Å²) < 4.78 is 0. The summed E-state index contributed by atoms with van der Waals surface area (Å²) >= 11 is 0. The van der Waals surface area contributed by atoms with Crippen LogP contribution in [0.2, 0.25) is 0 Å². The molecular formula is C27H26N2O2. The number of nitrogens with zero attached hydrogens (tertiary/aromatic N) is 1. The fraction of sp³-hybridized carbons (Fsp3) is 0.222. The molecule has 1 aromatic heterocycles. The maximum Gasteiger partial charge on any atom is 0.154 e. The summed E-state index contributed by atoms with van der Waals surface area (Å²) in [6.45, 7) is 2.20. The molecule has 3 aromatic carbocycles. The first kappa shape index (κ1) is 19.7. The second kappa shape index (κ2) is 8.14. The highest BCUT2D eigenvalue weighted by atomic mass is 16.5. The lowest BCUT2D eigenvalue weighted by Gasteiger charge is -2.17. The molecule has 5 rings (SSSR count). The van der Waals surface area contributed by atoms with Crippen LogP contribution in [0.15, 0.2) is 72.9 Å². The molecule has 0 spiro atoms. The average molecular weight is 411 g/mol. The average Bonchev–Trinajstić information content (AvgIpc) is 3.44. The molecule has 1 heterocycles. The van der Waals surface area contributed by atoms with Gasteiger partial charge in [0.1, 0.15) is 0 Å². The van der Waals surface area contributed by atoms with Crippen molar-refractivity contribution in [3.05, 3.63) is 101 Å². The zero-order valence-electron chi connectivity index (χ0n) is 17.5. The molecule has 156 valence electrons. The molecule has 1 aliphatic carbocycles. The summed E-state index contributed by atoms with van der Waals surface area (Å²) in [5.41, 5.74) is 9.49. The van der Waals surface area contributed by atoms with E-state index in [2.05, 4.69) is 77.8 Å². The first-order valence-corrected chi connectivity index (χ1v) is 10.8. The lowest BCUT2D eigenvalue weighted by molar-refractivity contribution is -0.0805. The fourth-order valence-corrected chi connectivity index (χ4v) is 4.80. The van der Waals surface area contributed by atoms with Gasteiger partial charge in [-0.2, -0.15) is 5.10 Å². The van der Waals surface area contributed by atoms with Crippen molar-refractivity contribution in [3.8, 4) is 0 Å². The lowest BCUT2D eigenvalue weighted by atomic mass is 9.87. The molecule has 4 aromatic rings. The molecule has 0 saturated heterocycles. The SMILES string of the molecule is CC/C(=C(/c1ccc2c(c1)CC(C(O)O)C2)c1ccc2[nH]ncc2c1)c1ccccc1. The number of benzene rings is 3. The van der Waals surface area contributed by atoms with Gasteiger partial charge in [0.05, 0.1) is 11.7 Å². The highest BCUT2D eigenvalue weighted by Crippen LogP contribution is 2.38. The molecule has 0 saturated carbocycles. The fourth-order valence-electron chi connectivity index (χ4n) is 4.80. The number of nitrogens with one attached hydrogen (secondary N) is 1. The van der Waals surface area contributed by atoms with E-state index in [0.717, 1.165) is 28.5 Å². The Labute approximate surface area is 181 Å². The molecule has 0 aliphatic heterocycles. The van der Waals surface area contributed by atoms with Crippen LogP contribution in [-0.2, 0) is 12.8 Å². The van der Waals surface area contributed by atoms with Gasteiger partial charge in [-0.15, -0.1) is 0 Å². The molecule has 31 heavy (non-hydrogen) atoms. The molecular weight excluding hydrogens is 384 g/mol. The monoisotopic (exact) mass is 410 g/mol. The summed E-state index contributed by atoms with van der Waals surface area (Å²) in [7, 11) is 0. The van der Waals surface area contributed by atoms with Crippen molar-refractivity contribution in [1.29, 1.82) is 0 Å². The first-order valence-electron chi connectivity index (χ1n) is 10.8. The van der Waals surface area contributed by atoms with Crippen molar-refractivity contribution < 1.29 is 10.2 Å². The highest BCUT2D eigenvalue weighted by molar-refractivity contribution is 6.00. The second-order valence-electron chi connectivity index (χ2n) is 8.31. The van der Waals surface area contributed by atoms with Crippen molar-refractivity contribution in [1.82, 2.24) is 10.2 Å². The van der Waals surface area contributed by atoms with Crippen LogP contribution in [0.25, 0.3) is 22.0 Å². The minimum absolute atomic E-state index is 0.125. The number of aromatic nitrogens is 2. The largest absolute Gasteiger partial charge is 0.368 e. The minimum atomic E-state index is -1.27. The Morgan fingerprint density at radius 3 is 2.45 bits per heavy atom. The number of fused-ring (bicyclic) bond motifs is 2. The number of aliphatic hydroxyl groups excluding tert-OH is 1. The predicted octanol–water partition coefficient (Wildman–Crippen LogP) is 4.96. The van der Waals surface area contributed by atoms with Crippen molar-refractivity contribution in [3.63, 3.8) is 0 Å². The third-order valence-electron chi connectivity index (χ3n) is 6.39. The summed E-state index contributed by atoms with van der Waals surface area (Å²) in [5, 5.41) is 27.7. The number of rotatable bonds is 5. The van der Waals surface area contributed by atoms with E-state index in [9.17, 15) is 10.2 Å². The van der Waals surface area contributed by atoms with Crippen LogP contribution in [0, 0.1) is 5.92 Å². The molecule has 0 radical (unpaired) electrons. The Hall–Kier alpha value is -3.21. The molecule has 1 unspecified atom stereocenters. The summed E-state index contributed by atoms with van der Waals surface area (Å²) in [6.07, 6.45) is 2.90. The van der Waals surface area contributed by atoms with Gasteiger partial charge in [0, 0.05) is 11.3 Å². The van der Waals surface area contributed by atoms with E-state index >= 15 is 0 Å². The number of H-pyrrole nitrogens is 1. The van der Waals surface area contributed by atoms with E-state index in [1.54, 1.807) is 0 Å². The van der Waals surface area contributed by atoms with Crippen LogP contribution < -0.4 is 0 Å². The minimum Gasteiger partial charge on any atom is -0.368 e. The number of aromatic amines is 1. The van der Waals surface area contributed by atoms with Crippen LogP contribution in [-0.4, -0.2) is 26.7 Å². The third kappa shape index (κ3) is 3.69. The van der Waals surface area contributed by atoms with Crippen molar-refractivity contribution in [2.24, 2.45) is 5.92 Å². The van der Waals surface area contributed by atoms with Gasteiger partial charge in [-0.05, 0) is 70.4 Å². The van der Waals surface area contributed by atoms with Gasteiger partial charge in [-0.3, -0.25) is 5.10 Å². The van der Waals surface area contributed by atoms with E-state index in [1.165, 1.54) is 27.8 Å². The molecule has 0 fully saturated rings. The Kier molecular flexibility index (Phi) is 5.18. The third-order valence-corrected chi connectivity index (χ3v) is 6.39. The van der Waals surface area contributed by atoms with Gasteiger partial charge in [0.15, 0.2) is 6.29 Å². The van der Waals surface area contributed by atoms with E-state index in [-0.39, 0.29) is 5.92 Å². The van der Waals surface area contributed by atoms with Gasteiger partial charge in [-0.1, -0.05) is 61.5 Å². The lowest BCUT2D eigenvalue weighted by Crippen LogP contribution is -2.19. The zero-order valence-corrected chi connectivity index (χ0v) is 17.5. The molecule has 0 amide bonds. The van der Waals surface area contributed by atoms with Gasteiger partial charge in [0.2, 0.25) is 0 Å². The summed E-state index contributed by atoms with van der Waals surface area (Å²) in [4.78, 5) is 0. The van der Waals surface area contributed by atoms with Gasteiger partial charge < -0.3 is 10.2 Å². The maximum absolute atomic E-state index is 9.67. The van der Waals surface area contributed by atoms with Crippen LogP contribution in [0.5, 0.6) is 0 Å². The smallest absolute Gasteiger partial charge is 0.154 e. The number of hydrogen-bond acceptors (Lipinski definition) is 3. The molecule has 3 N–H and O–H groups in total. The van der Waals surface area contributed by atoms with E-state index in [0.29, 0.717) is 12.8 Å². The van der Waals surface area contributed by atoms with Crippen molar-refractivity contribution in [2.45, 2.75) is 32.5 Å². The van der Waals surface area contributed by atoms with E-state index in [1.807, 2.05) is 12.3 Å². The topological polar surface area (TPSA) is 69.1 Å². The molecule has 1 atom stereocenters. The van der Waals surface area contributed by atoms with Gasteiger partial charge >= 0.3 is 0 Å². The Morgan fingerprint density at radius 2 is 1.68 bits per heavy atom. The van der Waals surface area contributed by atoms with Gasteiger partial charge in [0.25, 0.3) is 0 Å². The Bertz CT molecular complexity index is 1250. The molecule has 4 heteroatoms. The second-order valence-corrected chi connectivity index (χ2v) is 8.31. The normalized spacial score (nSPS) is 16.6. The summed E-state index contributed by atoms with van der Waals surface area (Å²) in [6, 6.07) is 23.6. The maximum atomic E-state index is 9.67. The molecule has 4 nitrogen and oxygen atoms in total. The number of hydrogen-bond donors (Lipinski definition) is 3. The first-order chi connectivity index (χ1) is 15.1. The quantitative estimate of drug-likeness (QED) is 0.322. The molecule has 1 aliphatic rings. The highest BCUT2D eigenvalue weighted by Gasteiger charge is 2.27. The zero-order chi connectivity index (χ0) is 21.4. The summed E-state index contributed by atoms with van der Waals surface area (Å²) in [5.74, 6) is -0.125. The predicted molar refractivity (Wildman–Crippen MR) is 124 cm³/mol. The van der Waals surface area contributed by atoms with Crippen molar-refractivity contribution >= 4 is 22.0 Å². The van der Waals surface area contributed by atoms with Crippen LogP contribution in [0.4, 0.5) is 0 Å².